The van der Waals surface area contributed by atoms with Crippen molar-refractivity contribution >= 4 is 46.3 Å². The van der Waals surface area contributed by atoms with Crippen LogP contribution in [0, 0.1) is 17.4 Å². The van der Waals surface area contributed by atoms with Gasteiger partial charge in [0.1, 0.15) is 0 Å². The predicted octanol–water partition coefficient (Wildman–Crippen LogP) is 7.16. The van der Waals surface area contributed by atoms with Gasteiger partial charge in [0.05, 0.1) is 22.6 Å². The molecule has 4 aromatic carbocycles. The minimum Gasteiger partial charge on any atom is -0.493 e. The summed E-state index contributed by atoms with van der Waals surface area (Å²) in [6.45, 7) is 3.86. The van der Waals surface area contributed by atoms with E-state index in [9.17, 15) is 9.59 Å². The van der Waals surface area contributed by atoms with E-state index >= 15 is 0 Å². The maximum atomic E-state index is 12.8. The van der Waals surface area contributed by atoms with E-state index in [0.29, 0.717) is 28.3 Å². The average Bonchev–Trinajstić information content (AvgIpc) is 3.43. The molecule has 0 unspecified atom stereocenters. The molecular formula is C35H31IN4O4. The first-order valence-corrected chi connectivity index (χ1v) is 14.9. The molecule has 0 aliphatic rings. The van der Waals surface area contributed by atoms with Crippen LogP contribution in [0.1, 0.15) is 27.2 Å². The van der Waals surface area contributed by atoms with Crippen LogP contribution in [0.4, 0.5) is 5.69 Å². The lowest BCUT2D eigenvalue weighted by molar-refractivity contribution is -0.118. The van der Waals surface area contributed by atoms with Crippen LogP contribution >= 0.6 is 22.6 Å². The number of methoxy groups -OCH3 is 1. The molecule has 1 aromatic heterocycles. The van der Waals surface area contributed by atoms with Crippen molar-refractivity contribution in [2.45, 2.75) is 13.8 Å². The van der Waals surface area contributed by atoms with Crippen molar-refractivity contribution in [1.82, 2.24) is 9.99 Å². The Hall–Kier alpha value is -4.90. The molecule has 0 spiro atoms. The molecule has 0 saturated heterocycles. The minimum atomic E-state index is -0.332. The van der Waals surface area contributed by atoms with Crippen LogP contribution in [0.2, 0.25) is 0 Å². The summed E-state index contributed by atoms with van der Waals surface area (Å²) >= 11 is 2.11. The number of nitrogens with one attached hydrogen (secondary N) is 2. The molecule has 0 bridgehead atoms. The van der Waals surface area contributed by atoms with Gasteiger partial charge in [0, 0.05) is 22.6 Å². The van der Waals surface area contributed by atoms with E-state index in [2.05, 4.69) is 74.2 Å². The number of carbonyl (C=O) groups excluding carboxylic acids is 2. The lowest BCUT2D eigenvalue weighted by Crippen LogP contribution is -2.20. The number of hydrogen-bond donors (Lipinski definition) is 2. The third kappa shape index (κ3) is 7.35. The number of halogens is 1. The second kappa shape index (κ2) is 14.0. The van der Waals surface area contributed by atoms with Crippen molar-refractivity contribution in [2.24, 2.45) is 5.10 Å². The SMILES string of the molecule is COc1cc(/C=N/NC(=O)c2ccc(-n3c(C)ccc3-c3ccccc3)cc2)cc(I)c1OCC(=O)Nc1ccc(C)cc1. The average molecular weight is 699 g/mol. The van der Waals surface area contributed by atoms with Crippen molar-refractivity contribution in [2.75, 3.05) is 19.0 Å². The molecule has 8 nitrogen and oxygen atoms in total. The van der Waals surface area contributed by atoms with Gasteiger partial charge in [0.2, 0.25) is 0 Å². The smallest absolute Gasteiger partial charge is 0.271 e. The van der Waals surface area contributed by atoms with Gasteiger partial charge in [-0.3, -0.25) is 9.59 Å². The van der Waals surface area contributed by atoms with Gasteiger partial charge < -0.3 is 19.4 Å². The van der Waals surface area contributed by atoms with E-state index in [0.717, 1.165) is 31.8 Å². The van der Waals surface area contributed by atoms with Crippen LogP contribution in [-0.4, -0.2) is 36.3 Å². The summed E-state index contributed by atoms with van der Waals surface area (Å²) in [5, 5.41) is 6.95. The number of hydrogen-bond acceptors (Lipinski definition) is 5. The molecule has 0 fully saturated rings. The van der Waals surface area contributed by atoms with Gasteiger partial charge >= 0.3 is 0 Å². The number of carbonyl (C=O) groups is 2. The number of amides is 2. The van der Waals surface area contributed by atoms with Crippen molar-refractivity contribution < 1.29 is 19.1 Å². The fraction of sp³-hybridized carbons (Fsp3) is 0.114. The monoisotopic (exact) mass is 698 g/mol. The summed E-state index contributed by atoms with van der Waals surface area (Å²) in [7, 11) is 1.52. The molecule has 9 heteroatoms. The van der Waals surface area contributed by atoms with Gasteiger partial charge in [-0.15, -0.1) is 0 Å². The highest BCUT2D eigenvalue weighted by Gasteiger charge is 2.14. The molecule has 5 rings (SSSR count). The number of nitrogens with zero attached hydrogens (tertiary/aromatic N) is 2. The molecule has 222 valence electrons. The fourth-order valence-corrected chi connectivity index (χ4v) is 5.41. The van der Waals surface area contributed by atoms with Gasteiger partial charge in [-0.25, -0.2) is 5.43 Å². The number of anilines is 1. The summed E-state index contributed by atoms with van der Waals surface area (Å²) in [5.41, 5.74) is 9.82. The van der Waals surface area contributed by atoms with E-state index in [1.807, 2.05) is 67.6 Å². The molecule has 44 heavy (non-hydrogen) atoms. The van der Waals surface area contributed by atoms with E-state index in [1.54, 1.807) is 18.2 Å². The summed E-state index contributed by atoms with van der Waals surface area (Å²) in [6, 6.07) is 32.8. The number of aryl methyl sites for hydroxylation is 2. The third-order valence-electron chi connectivity index (χ3n) is 6.85. The second-order valence-corrected chi connectivity index (χ2v) is 11.2. The lowest BCUT2D eigenvalue weighted by atomic mass is 10.1. The van der Waals surface area contributed by atoms with E-state index in [1.165, 1.54) is 13.3 Å². The number of ether oxygens (including phenoxy) is 2. The van der Waals surface area contributed by atoms with Crippen LogP contribution in [0.5, 0.6) is 11.5 Å². The van der Waals surface area contributed by atoms with Crippen molar-refractivity contribution in [3.63, 3.8) is 0 Å². The Balaban J connectivity index is 1.21. The van der Waals surface area contributed by atoms with Crippen LogP contribution in [0.15, 0.2) is 108 Å². The standard InChI is InChI=1S/C35H31IN4O4/c1-23-9-14-28(15-10-23)38-33(41)22-44-34-30(36)19-25(20-32(34)43-3)21-37-39-35(42)27-12-16-29(17-13-27)40-24(2)11-18-31(40)26-7-5-4-6-8-26/h4-21H,22H2,1-3H3,(H,38,41)(H,39,42)/b37-21+. The van der Waals surface area contributed by atoms with Crippen LogP contribution in [0.25, 0.3) is 16.9 Å². The predicted molar refractivity (Wildman–Crippen MR) is 182 cm³/mol. The molecule has 0 radical (unpaired) electrons. The zero-order chi connectivity index (χ0) is 31.1. The number of hydrazone groups is 1. The number of aromatic nitrogens is 1. The highest BCUT2D eigenvalue weighted by molar-refractivity contribution is 14.1. The quantitative estimate of drug-likeness (QED) is 0.0921. The molecule has 0 saturated carbocycles. The normalized spacial score (nSPS) is 10.9. The first-order chi connectivity index (χ1) is 21.3. The van der Waals surface area contributed by atoms with Gasteiger partial charge in [-0.05, 0) is 108 Å². The van der Waals surface area contributed by atoms with Gasteiger partial charge in [0.25, 0.3) is 11.8 Å². The first-order valence-electron chi connectivity index (χ1n) is 13.9. The van der Waals surface area contributed by atoms with Crippen LogP contribution in [-0.2, 0) is 4.79 Å². The van der Waals surface area contributed by atoms with Gasteiger partial charge in [0.15, 0.2) is 18.1 Å². The summed E-state index contributed by atoms with van der Waals surface area (Å²) in [5.74, 6) is 0.273. The maximum absolute atomic E-state index is 12.8. The molecule has 0 atom stereocenters. The topological polar surface area (TPSA) is 93.9 Å². The van der Waals surface area contributed by atoms with Crippen molar-refractivity contribution in [1.29, 1.82) is 0 Å². The summed E-state index contributed by atoms with van der Waals surface area (Å²) in [6.07, 6.45) is 1.53. The van der Waals surface area contributed by atoms with Crippen LogP contribution in [0.3, 0.4) is 0 Å². The Kier molecular flexibility index (Phi) is 9.75. The number of benzene rings is 4. The first kappa shape index (κ1) is 30.6. The third-order valence-corrected chi connectivity index (χ3v) is 7.65. The molecule has 5 aromatic rings. The van der Waals surface area contributed by atoms with E-state index in [-0.39, 0.29) is 18.4 Å². The second-order valence-electron chi connectivity index (χ2n) is 10.0. The zero-order valence-electron chi connectivity index (χ0n) is 24.5. The molecule has 2 N–H and O–H groups in total. The summed E-state index contributed by atoms with van der Waals surface area (Å²) < 4.78 is 14.2. The van der Waals surface area contributed by atoms with Crippen LogP contribution < -0.4 is 20.2 Å². The van der Waals surface area contributed by atoms with Gasteiger partial charge in [-0.1, -0.05) is 48.0 Å². The molecule has 0 aliphatic carbocycles. The fourth-order valence-electron chi connectivity index (χ4n) is 4.63. The summed E-state index contributed by atoms with van der Waals surface area (Å²) in [4.78, 5) is 25.2. The van der Waals surface area contributed by atoms with Crippen molar-refractivity contribution in [3.8, 4) is 28.4 Å². The van der Waals surface area contributed by atoms with E-state index < -0.39 is 0 Å². The van der Waals surface area contributed by atoms with Crippen molar-refractivity contribution in [3.05, 3.63) is 129 Å². The molecule has 2 amide bonds. The Labute approximate surface area is 269 Å². The maximum Gasteiger partial charge on any atom is 0.271 e. The Morgan fingerprint density at radius 3 is 2.34 bits per heavy atom. The molecule has 0 aliphatic heterocycles. The lowest BCUT2D eigenvalue weighted by Gasteiger charge is -2.13. The van der Waals surface area contributed by atoms with Gasteiger partial charge in [-0.2, -0.15) is 5.10 Å². The number of rotatable bonds is 10. The molecule has 1 heterocycles. The zero-order valence-corrected chi connectivity index (χ0v) is 26.7. The Morgan fingerprint density at radius 2 is 1.64 bits per heavy atom. The Morgan fingerprint density at radius 1 is 0.909 bits per heavy atom. The highest BCUT2D eigenvalue weighted by Crippen LogP contribution is 2.33. The minimum absolute atomic E-state index is 0.181. The highest BCUT2D eigenvalue weighted by atomic mass is 127. The largest absolute Gasteiger partial charge is 0.493 e. The Bertz CT molecular complexity index is 1800. The van der Waals surface area contributed by atoms with E-state index in [4.69, 9.17) is 9.47 Å². The molecular weight excluding hydrogens is 667 g/mol.